The van der Waals surface area contributed by atoms with Crippen molar-refractivity contribution in [1.82, 2.24) is 0 Å². The number of Topliss-reactive ketones (excluding diaryl/α,β-unsaturated/α-hetero) is 1. The third-order valence-electron chi connectivity index (χ3n) is 5.54. The molecule has 1 saturated heterocycles. The molecule has 0 bridgehead atoms. The summed E-state index contributed by atoms with van der Waals surface area (Å²) in [4.78, 5) is 27.9. The second kappa shape index (κ2) is 9.72. The molecular formula is C27H24ClNO6. The largest absolute Gasteiger partial charge is 0.507 e. The van der Waals surface area contributed by atoms with E-state index in [1.54, 1.807) is 54.6 Å². The fourth-order valence-electron chi connectivity index (χ4n) is 4.01. The minimum Gasteiger partial charge on any atom is -0.507 e. The monoisotopic (exact) mass is 493 g/mol. The number of anilines is 1. The molecule has 1 aliphatic heterocycles. The highest BCUT2D eigenvalue weighted by atomic mass is 35.5. The quantitative estimate of drug-likeness (QED) is 0.268. The first kappa shape index (κ1) is 24.2. The number of rotatable bonds is 6. The normalized spacial score (nSPS) is 17.2. The smallest absolute Gasteiger partial charge is 0.300 e. The topological polar surface area (TPSA) is 96.3 Å². The Morgan fingerprint density at radius 3 is 2.40 bits per heavy atom. The predicted molar refractivity (Wildman–Crippen MR) is 133 cm³/mol. The maximum Gasteiger partial charge on any atom is 0.300 e. The summed E-state index contributed by atoms with van der Waals surface area (Å²) in [5.74, 6) is -1.16. The van der Waals surface area contributed by atoms with Crippen molar-refractivity contribution in [2.75, 3.05) is 12.0 Å². The third-order valence-corrected chi connectivity index (χ3v) is 5.85. The molecule has 1 heterocycles. The number of phenolic OH excluding ortho intramolecular Hbond substituents is 1. The summed E-state index contributed by atoms with van der Waals surface area (Å²) in [6.45, 7) is 3.75. The van der Waals surface area contributed by atoms with E-state index >= 15 is 0 Å². The van der Waals surface area contributed by atoms with Crippen LogP contribution in [0.5, 0.6) is 17.2 Å². The van der Waals surface area contributed by atoms with Crippen molar-refractivity contribution in [3.63, 3.8) is 0 Å². The number of nitrogens with zero attached hydrogens (tertiary/aromatic N) is 1. The minimum atomic E-state index is -1.00. The van der Waals surface area contributed by atoms with Crippen LogP contribution in [-0.2, 0) is 9.59 Å². The molecule has 2 N–H and O–H groups in total. The number of phenols is 1. The van der Waals surface area contributed by atoms with E-state index in [9.17, 15) is 19.8 Å². The number of halogens is 1. The number of benzene rings is 3. The number of ether oxygens (including phenoxy) is 2. The number of aliphatic hydroxyl groups is 1. The van der Waals surface area contributed by atoms with Crippen molar-refractivity contribution in [2.24, 2.45) is 0 Å². The fourth-order valence-corrected chi connectivity index (χ4v) is 4.20. The summed E-state index contributed by atoms with van der Waals surface area (Å²) >= 11 is 6.17. The number of hydrogen-bond acceptors (Lipinski definition) is 6. The number of hydrogen-bond donors (Lipinski definition) is 2. The van der Waals surface area contributed by atoms with Gasteiger partial charge in [-0.05, 0) is 55.8 Å². The Morgan fingerprint density at radius 2 is 1.71 bits per heavy atom. The zero-order valence-corrected chi connectivity index (χ0v) is 20.1. The number of amides is 1. The lowest BCUT2D eigenvalue weighted by Crippen LogP contribution is -2.29. The molecule has 0 saturated carbocycles. The van der Waals surface area contributed by atoms with E-state index in [0.717, 1.165) is 0 Å². The van der Waals surface area contributed by atoms with E-state index < -0.39 is 17.7 Å². The van der Waals surface area contributed by atoms with Crippen LogP contribution in [0.3, 0.4) is 0 Å². The molecular weight excluding hydrogens is 470 g/mol. The van der Waals surface area contributed by atoms with E-state index in [2.05, 4.69) is 0 Å². The van der Waals surface area contributed by atoms with Gasteiger partial charge in [-0.25, -0.2) is 0 Å². The maximum absolute atomic E-state index is 13.3. The predicted octanol–water partition coefficient (Wildman–Crippen LogP) is 5.47. The Labute approximate surface area is 207 Å². The number of aliphatic hydroxyl groups excluding tert-OH is 1. The van der Waals surface area contributed by atoms with E-state index in [4.69, 9.17) is 21.1 Å². The highest BCUT2D eigenvalue weighted by molar-refractivity contribution is 6.51. The molecule has 1 aliphatic rings. The molecule has 0 aliphatic carbocycles. The van der Waals surface area contributed by atoms with Gasteiger partial charge in [-0.3, -0.25) is 14.5 Å². The Morgan fingerprint density at radius 1 is 1.00 bits per heavy atom. The molecule has 8 heteroatoms. The number of ketones is 1. The molecule has 1 unspecified atom stereocenters. The molecule has 0 spiro atoms. The van der Waals surface area contributed by atoms with Gasteiger partial charge in [-0.15, -0.1) is 0 Å². The van der Waals surface area contributed by atoms with Crippen molar-refractivity contribution in [3.05, 3.63) is 88.5 Å². The van der Waals surface area contributed by atoms with E-state index in [1.165, 1.54) is 24.1 Å². The van der Waals surface area contributed by atoms with E-state index in [1.807, 2.05) is 13.8 Å². The lowest BCUT2D eigenvalue weighted by molar-refractivity contribution is -0.132. The van der Waals surface area contributed by atoms with Gasteiger partial charge in [0.2, 0.25) is 0 Å². The molecule has 1 amide bonds. The SMILES string of the molecule is COc1cccc(N2C(=O)C(=O)/C(=C(\O)c3cccc(OC(C)C)c3)C2c2ccc(O)c(Cl)c2)c1. The maximum atomic E-state index is 13.3. The zero-order valence-electron chi connectivity index (χ0n) is 19.4. The van der Waals surface area contributed by atoms with Crippen LogP contribution in [0.1, 0.15) is 31.0 Å². The lowest BCUT2D eigenvalue weighted by atomic mass is 9.95. The fraction of sp³-hybridized carbons (Fsp3) is 0.185. The summed E-state index contributed by atoms with van der Waals surface area (Å²) in [7, 11) is 1.50. The van der Waals surface area contributed by atoms with Crippen molar-refractivity contribution in [3.8, 4) is 17.2 Å². The average molecular weight is 494 g/mol. The van der Waals surface area contributed by atoms with Crippen LogP contribution in [0, 0.1) is 0 Å². The highest BCUT2D eigenvalue weighted by Gasteiger charge is 2.47. The van der Waals surface area contributed by atoms with Gasteiger partial charge in [-0.2, -0.15) is 0 Å². The first-order chi connectivity index (χ1) is 16.7. The summed E-state index contributed by atoms with van der Waals surface area (Å²) in [5.41, 5.74) is 1.05. The van der Waals surface area contributed by atoms with Crippen LogP contribution in [0.2, 0.25) is 5.02 Å². The molecule has 4 rings (SSSR count). The molecule has 1 atom stereocenters. The Hall–Kier alpha value is -3.97. The standard InChI is InChI=1S/C27H24ClNO6/c1-15(2)35-20-9-4-6-17(12-20)25(31)23-24(16-10-11-22(30)21(28)13-16)29(27(33)26(23)32)18-7-5-8-19(14-18)34-3/h4-15,24,30-31H,1-3H3/b25-23-. The van der Waals surface area contributed by atoms with Crippen molar-refractivity contribution in [2.45, 2.75) is 26.0 Å². The number of aromatic hydroxyl groups is 1. The van der Waals surface area contributed by atoms with Gasteiger partial charge in [0, 0.05) is 17.3 Å². The first-order valence-electron chi connectivity index (χ1n) is 10.9. The van der Waals surface area contributed by atoms with Crippen LogP contribution in [0.25, 0.3) is 5.76 Å². The van der Waals surface area contributed by atoms with Gasteiger partial charge in [0.1, 0.15) is 23.0 Å². The van der Waals surface area contributed by atoms with Crippen molar-refractivity contribution in [1.29, 1.82) is 0 Å². The Balaban J connectivity index is 1.93. The van der Waals surface area contributed by atoms with Crippen molar-refractivity contribution < 1.29 is 29.3 Å². The highest BCUT2D eigenvalue weighted by Crippen LogP contribution is 2.44. The average Bonchev–Trinajstić information content (AvgIpc) is 3.10. The first-order valence-corrected chi connectivity index (χ1v) is 11.3. The minimum absolute atomic E-state index is 0.0473. The Bertz CT molecular complexity index is 1330. The second-order valence-corrected chi connectivity index (χ2v) is 8.68. The zero-order chi connectivity index (χ0) is 25.3. The van der Waals surface area contributed by atoms with Crippen molar-refractivity contribution >= 4 is 34.7 Å². The number of methoxy groups -OCH3 is 1. The molecule has 7 nitrogen and oxygen atoms in total. The molecule has 180 valence electrons. The van der Waals surface area contributed by atoms with Crippen LogP contribution >= 0.6 is 11.6 Å². The third kappa shape index (κ3) is 4.68. The second-order valence-electron chi connectivity index (χ2n) is 8.28. The van der Waals surface area contributed by atoms with Crippen LogP contribution in [0.15, 0.2) is 72.3 Å². The van der Waals surface area contributed by atoms with Gasteiger partial charge in [0.15, 0.2) is 0 Å². The van der Waals surface area contributed by atoms with Crippen LogP contribution in [-0.4, -0.2) is 35.1 Å². The summed E-state index contributed by atoms with van der Waals surface area (Å²) in [6.07, 6.45) is -0.0924. The molecule has 0 radical (unpaired) electrons. The summed E-state index contributed by atoms with van der Waals surface area (Å²) in [5, 5.41) is 21.3. The number of carbonyl (C=O) groups is 2. The van der Waals surface area contributed by atoms with Gasteiger partial charge in [0.25, 0.3) is 11.7 Å². The summed E-state index contributed by atoms with van der Waals surface area (Å²) in [6, 6.07) is 16.8. The molecule has 3 aromatic rings. The molecule has 0 aromatic heterocycles. The molecule has 35 heavy (non-hydrogen) atoms. The van der Waals surface area contributed by atoms with Crippen LogP contribution in [0.4, 0.5) is 5.69 Å². The van der Waals surface area contributed by atoms with Gasteiger partial charge >= 0.3 is 0 Å². The molecule has 3 aromatic carbocycles. The van der Waals surface area contributed by atoms with E-state index in [0.29, 0.717) is 28.3 Å². The van der Waals surface area contributed by atoms with Gasteiger partial charge < -0.3 is 19.7 Å². The summed E-state index contributed by atoms with van der Waals surface area (Å²) < 4.78 is 11.0. The lowest BCUT2D eigenvalue weighted by Gasteiger charge is -2.26. The Kier molecular flexibility index (Phi) is 6.71. The number of carbonyl (C=O) groups excluding carboxylic acids is 2. The van der Waals surface area contributed by atoms with Gasteiger partial charge in [0.05, 0.1) is 29.9 Å². The van der Waals surface area contributed by atoms with Gasteiger partial charge in [-0.1, -0.05) is 35.9 Å². The van der Waals surface area contributed by atoms with Crippen LogP contribution < -0.4 is 14.4 Å². The van der Waals surface area contributed by atoms with E-state index in [-0.39, 0.29) is 28.2 Å². The molecule has 1 fully saturated rings.